The second-order valence-corrected chi connectivity index (χ2v) is 4.87. The first kappa shape index (κ1) is 10.5. The van der Waals surface area contributed by atoms with Crippen molar-refractivity contribution in [2.24, 2.45) is 0 Å². The van der Waals surface area contributed by atoms with Crippen LogP contribution in [0.4, 0.5) is 0 Å². The lowest BCUT2D eigenvalue weighted by atomic mass is 10.2. The number of rotatable bonds is 4. The summed E-state index contributed by atoms with van der Waals surface area (Å²) in [6, 6.07) is 11.9. The SMILES string of the molecule is O=C(CSc1ccccc1)c1ccsc1. The van der Waals surface area contributed by atoms with Crippen molar-refractivity contribution < 1.29 is 4.79 Å². The van der Waals surface area contributed by atoms with Gasteiger partial charge in [-0.2, -0.15) is 11.3 Å². The van der Waals surface area contributed by atoms with Crippen LogP contribution in [0.2, 0.25) is 0 Å². The Hall–Kier alpha value is -1.06. The Bertz CT molecular complexity index is 420. The van der Waals surface area contributed by atoms with Gasteiger partial charge < -0.3 is 0 Å². The van der Waals surface area contributed by atoms with Crippen molar-refractivity contribution in [3.63, 3.8) is 0 Å². The molecule has 0 spiro atoms. The molecule has 0 N–H and O–H groups in total. The fourth-order valence-corrected chi connectivity index (χ4v) is 2.65. The molecule has 0 atom stereocenters. The molecule has 0 aliphatic heterocycles. The Labute approximate surface area is 97.1 Å². The van der Waals surface area contributed by atoms with E-state index in [0.717, 1.165) is 10.5 Å². The summed E-state index contributed by atoms with van der Waals surface area (Å²) in [5.41, 5.74) is 0.823. The summed E-state index contributed by atoms with van der Waals surface area (Å²) in [6.45, 7) is 0. The summed E-state index contributed by atoms with van der Waals surface area (Å²) in [5.74, 6) is 0.714. The Kier molecular flexibility index (Phi) is 3.59. The number of thiophene rings is 1. The molecule has 0 saturated heterocycles. The number of carbonyl (C=O) groups excluding carboxylic acids is 1. The predicted molar refractivity (Wildman–Crippen MR) is 65.8 cm³/mol. The van der Waals surface area contributed by atoms with Crippen molar-refractivity contribution in [3.05, 3.63) is 52.7 Å². The summed E-state index contributed by atoms with van der Waals surface area (Å²) in [6.07, 6.45) is 0. The van der Waals surface area contributed by atoms with Crippen LogP contribution in [0.3, 0.4) is 0 Å². The molecule has 2 rings (SSSR count). The third-order valence-corrected chi connectivity index (χ3v) is 3.65. The van der Waals surface area contributed by atoms with Gasteiger partial charge in [0.05, 0.1) is 5.75 Å². The molecule has 0 fully saturated rings. The Morgan fingerprint density at radius 2 is 2.00 bits per heavy atom. The molecule has 3 heteroatoms. The summed E-state index contributed by atoms with van der Waals surface area (Å²) < 4.78 is 0. The maximum absolute atomic E-state index is 11.7. The molecule has 1 aromatic heterocycles. The van der Waals surface area contributed by atoms with Gasteiger partial charge in [0.25, 0.3) is 0 Å². The van der Waals surface area contributed by atoms with Gasteiger partial charge >= 0.3 is 0 Å². The predicted octanol–water partition coefficient (Wildman–Crippen LogP) is 3.72. The van der Waals surface area contributed by atoms with E-state index in [9.17, 15) is 4.79 Å². The molecule has 0 saturated carbocycles. The van der Waals surface area contributed by atoms with E-state index in [0.29, 0.717) is 5.75 Å². The Morgan fingerprint density at radius 1 is 1.20 bits per heavy atom. The molecule has 1 nitrogen and oxygen atoms in total. The normalized spacial score (nSPS) is 10.1. The van der Waals surface area contributed by atoms with Crippen LogP contribution in [-0.2, 0) is 0 Å². The molecule has 1 heterocycles. The van der Waals surface area contributed by atoms with Crippen molar-refractivity contribution in [1.29, 1.82) is 0 Å². The van der Waals surface area contributed by atoms with E-state index in [-0.39, 0.29) is 5.78 Å². The minimum atomic E-state index is 0.199. The molecule has 0 amide bonds. The maximum atomic E-state index is 11.7. The van der Waals surface area contributed by atoms with Gasteiger partial charge in [-0.05, 0) is 23.6 Å². The van der Waals surface area contributed by atoms with E-state index in [1.807, 2.05) is 47.2 Å². The van der Waals surface area contributed by atoms with Gasteiger partial charge in [0, 0.05) is 15.8 Å². The second-order valence-electron chi connectivity index (χ2n) is 3.04. The minimum Gasteiger partial charge on any atom is -0.293 e. The van der Waals surface area contributed by atoms with Gasteiger partial charge in [-0.1, -0.05) is 18.2 Å². The molecule has 2 aromatic rings. The second kappa shape index (κ2) is 5.14. The van der Waals surface area contributed by atoms with Crippen LogP contribution >= 0.6 is 23.1 Å². The highest BCUT2D eigenvalue weighted by Crippen LogP contribution is 2.19. The van der Waals surface area contributed by atoms with E-state index in [1.54, 1.807) is 23.1 Å². The molecule has 15 heavy (non-hydrogen) atoms. The largest absolute Gasteiger partial charge is 0.293 e. The minimum absolute atomic E-state index is 0.199. The lowest BCUT2D eigenvalue weighted by Gasteiger charge is -1.99. The molecule has 0 bridgehead atoms. The van der Waals surface area contributed by atoms with Gasteiger partial charge in [0.2, 0.25) is 0 Å². The van der Waals surface area contributed by atoms with Crippen LogP contribution in [0, 0.1) is 0 Å². The third kappa shape index (κ3) is 2.94. The van der Waals surface area contributed by atoms with Crippen molar-refractivity contribution in [3.8, 4) is 0 Å². The lowest BCUT2D eigenvalue weighted by molar-refractivity contribution is 0.102. The number of hydrogen-bond donors (Lipinski definition) is 0. The summed E-state index contributed by atoms with van der Waals surface area (Å²) in [7, 11) is 0. The first-order chi connectivity index (χ1) is 7.36. The Morgan fingerprint density at radius 3 is 2.67 bits per heavy atom. The van der Waals surface area contributed by atoms with Crippen molar-refractivity contribution >= 4 is 28.9 Å². The number of carbonyl (C=O) groups is 1. The third-order valence-electron chi connectivity index (χ3n) is 1.96. The zero-order valence-corrected chi connectivity index (χ0v) is 9.68. The average Bonchev–Trinajstić information content (AvgIpc) is 2.81. The van der Waals surface area contributed by atoms with Crippen LogP contribution in [0.5, 0.6) is 0 Å². The zero-order chi connectivity index (χ0) is 10.5. The molecular formula is C12H10OS2. The number of thioether (sulfide) groups is 1. The van der Waals surface area contributed by atoms with E-state index < -0.39 is 0 Å². The van der Waals surface area contributed by atoms with Crippen LogP contribution in [0.1, 0.15) is 10.4 Å². The number of Topliss-reactive ketones (excluding diaryl/α,β-unsaturated/α-hetero) is 1. The highest BCUT2D eigenvalue weighted by atomic mass is 32.2. The fraction of sp³-hybridized carbons (Fsp3) is 0.0833. The highest BCUT2D eigenvalue weighted by Gasteiger charge is 2.06. The molecule has 1 aromatic carbocycles. The standard InChI is InChI=1S/C12H10OS2/c13-12(10-6-7-14-8-10)9-15-11-4-2-1-3-5-11/h1-8H,9H2. The number of benzene rings is 1. The molecule has 0 radical (unpaired) electrons. The Balaban J connectivity index is 1.92. The quantitative estimate of drug-likeness (QED) is 0.592. The first-order valence-corrected chi connectivity index (χ1v) is 6.52. The molecular weight excluding hydrogens is 224 g/mol. The summed E-state index contributed by atoms with van der Waals surface area (Å²) in [4.78, 5) is 12.8. The number of ketones is 1. The van der Waals surface area contributed by atoms with Crippen molar-refractivity contribution in [2.75, 3.05) is 5.75 Å². The van der Waals surface area contributed by atoms with Crippen LogP contribution < -0.4 is 0 Å². The molecule has 0 aliphatic carbocycles. The highest BCUT2D eigenvalue weighted by molar-refractivity contribution is 8.00. The summed E-state index contributed by atoms with van der Waals surface area (Å²) >= 11 is 3.14. The average molecular weight is 234 g/mol. The molecule has 0 aliphatic rings. The zero-order valence-electron chi connectivity index (χ0n) is 8.05. The van der Waals surface area contributed by atoms with Crippen LogP contribution in [-0.4, -0.2) is 11.5 Å². The summed E-state index contributed by atoms with van der Waals surface area (Å²) in [5, 5.41) is 3.83. The van der Waals surface area contributed by atoms with Crippen LogP contribution in [0.25, 0.3) is 0 Å². The van der Waals surface area contributed by atoms with E-state index >= 15 is 0 Å². The van der Waals surface area contributed by atoms with Crippen molar-refractivity contribution in [1.82, 2.24) is 0 Å². The number of hydrogen-bond acceptors (Lipinski definition) is 3. The van der Waals surface area contributed by atoms with Gasteiger partial charge in [0.15, 0.2) is 5.78 Å². The monoisotopic (exact) mass is 234 g/mol. The first-order valence-electron chi connectivity index (χ1n) is 4.59. The van der Waals surface area contributed by atoms with E-state index in [2.05, 4.69) is 0 Å². The fourth-order valence-electron chi connectivity index (χ4n) is 1.17. The van der Waals surface area contributed by atoms with Crippen LogP contribution in [0.15, 0.2) is 52.1 Å². The van der Waals surface area contributed by atoms with Gasteiger partial charge in [0.1, 0.15) is 0 Å². The lowest BCUT2D eigenvalue weighted by Crippen LogP contribution is -1.99. The molecule has 0 unspecified atom stereocenters. The van der Waals surface area contributed by atoms with E-state index in [4.69, 9.17) is 0 Å². The smallest absolute Gasteiger partial charge is 0.173 e. The van der Waals surface area contributed by atoms with E-state index in [1.165, 1.54) is 0 Å². The van der Waals surface area contributed by atoms with Gasteiger partial charge in [-0.15, -0.1) is 11.8 Å². The van der Waals surface area contributed by atoms with Crippen molar-refractivity contribution in [2.45, 2.75) is 4.90 Å². The van der Waals surface area contributed by atoms with Gasteiger partial charge in [-0.25, -0.2) is 0 Å². The topological polar surface area (TPSA) is 17.1 Å². The van der Waals surface area contributed by atoms with Gasteiger partial charge in [-0.3, -0.25) is 4.79 Å². The molecule has 76 valence electrons. The maximum Gasteiger partial charge on any atom is 0.173 e.